The van der Waals surface area contributed by atoms with Crippen molar-refractivity contribution in [3.63, 3.8) is 0 Å². The summed E-state index contributed by atoms with van der Waals surface area (Å²) >= 11 is 0. The number of nitrogens with zero attached hydrogens (tertiary/aromatic N) is 5. The van der Waals surface area contributed by atoms with Crippen molar-refractivity contribution in [2.75, 3.05) is 33.7 Å². The molecule has 2 rings (SSSR count). The van der Waals surface area contributed by atoms with Crippen molar-refractivity contribution in [2.24, 2.45) is 0 Å². The molecule has 8 heteroatoms. The first-order valence-electron chi connectivity index (χ1n) is 7.50. The van der Waals surface area contributed by atoms with E-state index in [1.54, 1.807) is 16.6 Å². The Labute approximate surface area is 130 Å². The van der Waals surface area contributed by atoms with Crippen molar-refractivity contribution in [1.29, 1.82) is 0 Å². The van der Waals surface area contributed by atoms with Crippen LogP contribution < -0.4 is 5.32 Å². The van der Waals surface area contributed by atoms with Crippen molar-refractivity contribution in [2.45, 2.75) is 32.9 Å². The van der Waals surface area contributed by atoms with Crippen molar-refractivity contribution in [1.82, 2.24) is 29.9 Å². The minimum absolute atomic E-state index is 0.0192. The molecule has 0 aliphatic carbocycles. The minimum Gasteiger partial charge on any atom is -0.357 e. The average Bonchev–Trinajstić information content (AvgIpc) is 2.81. The predicted octanol–water partition coefficient (Wildman–Crippen LogP) is -0.826. The fourth-order valence-electron chi connectivity index (χ4n) is 2.73. The van der Waals surface area contributed by atoms with Gasteiger partial charge in [0.2, 0.25) is 11.8 Å². The molecule has 0 aromatic carbocycles. The highest BCUT2D eigenvalue weighted by atomic mass is 16.2. The Morgan fingerprint density at radius 1 is 1.32 bits per heavy atom. The van der Waals surface area contributed by atoms with Gasteiger partial charge in [0.25, 0.3) is 0 Å². The van der Waals surface area contributed by atoms with Crippen LogP contribution in [-0.4, -0.2) is 76.2 Å². The van der Waals surface area contributed by atoms with Gasteiger partial charge in [0.05, 0.1) is 6.54 Å². The Morgan fingerprint density at radius 2 is 2.05 bits per heavy atom. The summed E-state index contributed by atoms with van der Waals surface area (Å²) in [5.41, 5.74) is 0. The zero-order chi connectivity index (χ0) is 16.3. The number of carbonyl (C=O) groups is 2. The first kappa shape index (κ1) is 16.4. The Bertz CT molecular complexity index is 556. The number of hydrogen-bond acceptors (Lipinski definition) is 5. The second-order valence-electron chi connectivity index (χ2n) is 5.66. The first-order chi connectivity index (χ1) is 10.4. The van der Waals surface area contributed by atoms with Crippen LogP contribution in [0.4, 0.5) is 0 Å². The molecule has 1 atom stereocenters. The van der Waals surface area contributed by atoms with Gasteiger partial charge in [-0.2, -0.15) is 5.10 Å². The van der Waals surface area contributed by atoms with Crippen LogP contribution in [-0.2, 0) is 16.1 Å². The van der Waals surface area contributed by atoms with Gasteiger partial charge < -0.3 is 15.1 Å². The van der Waals surface area contributed by atoms with Gasteiger partial charge in [-0.3, -0.25) is 9.59 Å². The van der Waals surface area contributed by atoms with E-state index in [0.717, 1.165) is 12.4 Å². The number of nitrogens with one attached hydrogen (secondary N) is 1. The SMILES string of the molecule is CNC(=O)C1CN(C)CCN1C(=O)CCn1nc(C)nc1C. The summed E-state index contributed by atoms with van der Waals surface area (Å²) in [6, 6.07) is -0.421. The second kappa shape index (κ2) is 6.87. The number of rotatable bonds is 4. The van der Waals surface area contributed by atoms with Crippen molar-refractivity contribution in [3.05, 3.63) is 11.6 Å². The Morgan fingerprint density at radius 3 is 2.64 bits per heavy atom. The molecule has 0 radical (unpaired) electrons. The fourth-order valence-corrected chi connectivity index (χ4v) is 2.73. The van der Waals surface area contributed by atoms with Crippen LogP contribution in [0.2, 0.25) is 0 Å². The highest BCUT2D eigenvalue weighted by Crippen LogP contribution is 2.11. The number of piperazine rings is 1. The molecule has 1 unspecified atom stereocenters. The van der Waals surface area contributed by atoms with Crippen molar-refractivity contribution >= 4 is 11.8 Å². The summed E-state index contributed by atoms with van der Waals surface area (Å²) < 4.78 is 1.73. The highest BCUT2D eigenvalue weighted by Gasteiger charge is 2.33. The molecule has 22 heavy (non-hydrogen) atoms. The normalized spacial score (nSPS) is 19.3. The maximum absolute atomic E-state index is 12.5. The zero-order valence-electron chi connectivity index (χ0n) is 13.7. The lowest BCUT2D eigenvalue weighted by molar-refractivity contribution is -0.143. The third kappa shape index (κ3) is 3.62. The van der Waals surface area contributed by atoms with Gasteiger partial charge >= 0.3 is 0 Å². The molecule has 0 saturated carbocycles. The van der Waals surface area contributed by atoms with E-state index in [1.165, 1.54) is 0 Å². The van der Waals surface area contributed by atoms with E-state index in [4.69, 9.17) is 0 Å². The molecule has 2 heterocycles. The molecule has 122 valence electrons. The summed E-state index contributed by atoms with van der Waals surface area (Å²) in [5.74, 6) is 1.36. The number of carbonyl (C=O) groups excluding carboxylic acids is 2. The maximum atomic E-state index is 12.5. The average molecular weight is 308 g/mol. The molecular weight excluding hydrogens is 284 g/mol. The Kier molecular flexibility index (Phi) is 5.12. The van der Waals surface area contributed by atoms with Gasteiger partial charge in [-0.25, -0.2) is 9.67 Å². The van der Waals surface area contributed by atoms with Crippen LogP contribution in [0.5, 0.6) is 0 Å². The summed E-state index contributed by atoms with van der Waals surface area (Å²) in [7, 11) is 3.56. The van der Waals surface area contributed by atoms with E-state index in [9.17, 15) is 9.59 Å². The van der Waals surface area contributed by atoms with Crippen LogP contribution in [0.25, 0.3) is 0 Å². The summed E-state index contributed by atoms with van der Waals surface area (Å²) in [6.07, 6.45) is 0.320. The highest BCUT2D eigenvalue weighted by molar-refractivity contribution is 5.88. The summed E-state index contributed by atoms with van der Waals surface area (Å²) in [6.45, 7) is 6.09. The molecule has 1 N–H and O–H groups in total. The number of aromatic nitrogens is 3. The van der Waals surface area contributed by atoms with Gasteiger partial charge in [0.1, 0.15) is 17.7 Å². The van der Waals surface area contributed by atoms with Crippen molar-refractivity contribution in [3.8, 4) is 0 Å². The smallest absolute Gasteiger partial charge is 0.243 e. The Balaban J connectivity index is 2.00. The molecular formula is C14H24N6O2. The van der Waals surface area contributed by atoms with Gasteiger partial charge in [-0.05, 0) is 20.9 Å². The van der Waals surface area contributed by atoms with Gasteiger partial charge in [0.15, 0.2) is 0 Å². The van der Waals surface area contributed by atoms with Gasteiger partial charge in [-0.15, -0.1) is 0 Å². The number of likely N-dealkylation sites (N-methyl/N-ethyl adjacent to an activating group) is 2. The quantitative estimate of drug-likeness (QED) is 0.785. The maximum Gasteiger partial charge on any atom is 0.243 e. The lowest BCUT2D eigenvalue weighted by Gasteiger charge is -2.38. The molecule has 1 aromatic heterocycles. The van der Waals surface area contributed by atoms with Crippen LogP contribution in [0, 0.1) is 13.8 Å². The number of hydrogen-bond donors (Lipinski definition) is 1. The third-order valence-electron chi connectivity index (χ3n) is 3.95. The van der Waals surface area contributed by atoms with Gasteiger partial charge in [0, 0.05) is 33.1 Å². The van der Waals surface area contributed by atoms with Crippen molar-refractivity contribution < 1.29 is 9.59 Å². The van der Waals surface area contributed by atoms with E-state index in [-0.39, 0.29) is 11.8 Å². The largest absolute Gasteiger partial charge is 0.357 e. The molecule has 1 fully saturated rings. The topological polar surface area (TPSA) is 83.4 Å². The van der Waals surface area contributed by atoms with Crippen LogP contribution in [0.15, 0.2) is 0 Å². The number of aryl methyl sites for hydroxylation is 3. The molecule has 1 aliphatic rings. The molecule has 2 amide bonds. The number of amides is 2. The monoisotopic (exact) mass is 308 g/mol. The van der Waals surface area contributed by atoms with E-state index >= 15 is 0 Å². The molecule has 1 saturated heterocycles. The third-order valence-corrected chi connectivity index (χ3v) is 3.95. The van der Waals surface area contributed by atoms with E-state index < -0.39 is 6.04 Å². The van der Waals surface area contributed by atoms with E-state index in [1.807, 2.05) is 20.9 Å². The van der Waals surface area contributed by atoms with Gasteiger partial charge in [-0.1, -0.05) is 0 Å². The summed E-state index contributed by atoms with van der Waals surface area (Å²) in [5, 5.41) is 6.90. The second-order valence-corrected chi connectivity index (χ2v) is 5.66. The predicted molar refractivity (Wildman–Crippen MR) is 81.2 cm³/mol. The molecule has 1 aliphatic heterocycles. The van der Waals surface area contributed by atoms with Crippen LogP contribution in [0.3, 0.4) is 0 Å². The van der Waals surface area contributed by atoms with Crippen LogP contribution in [0.1, 0.15) is 18.1 Å². The van der Waals surface area contributed by atoms with E-state index in [0.29, 0.717) is 31.9 Å². The lowest BCUT2D eigenvalue weighted by atomic mass is 10.1. The molecule has 8 nitrogen and oxygen atoms in total. The Hall–Kier alpha value is -1.96. The fraction of sp³-hybridized carbons (Fsp3) is 0.714. The first-order valence-corrected chi connectivity index (χ1v) is 7.50. The van der Waals surface area contributed by atoms with E-state index in [2.05, 4.69) is 20.3 Å². The lowest BCUT2D eigenvalue weighted by Crippen LogP contribution is -2.59. The molecule has 1 aromatic rings. The molecule has 0 spiro atoms. The molecule has 0 bridgehead atoms. The minimum atomic E-state index is -0.421. The standard InChI is InChI=1S/C14H24N6O2/c1-10-16-11(2)20(17-10)6-5-13(21)19-8-7-18(4)9-12(19)14(22)15-3/h12H,5-9H2,1-4H3,(H,15,22). The van der Waals surface area contributed by atoms with Crippen LogP contribution >= 0.6 is 0 Å². The zero-order valence-corrected chi connectivity index (χ0v) is 13.7. The summed E-state index contributed by atoms with van der Waals surface area (Å²) in [4.78, 5) is 32.5.